The lowest BCUT2D eigenvalue weighted by Crippen LogP contribution is -2.16. The number of amides is 1. The molecule has 5 N–H and O–H groups in total. The molecule has 14 heavy (non-hydrogen) atoms. The Labute approximate surface area is 87.4 Å². The van der Waals surface area contributed by atoms with Crippen molar-refractivity contribution in [3.63, 3.8) is 0 Å². The Morgan fingerprint density at radius 1 is 1.21 bits per heavy atom. The van der Waals surface area contributed by atoms with Gasteiger partial charge in [-0.3, -0.25) is 4.79 Å². The van der Waals surface area contributed by atoms with Crippen LogP contribution in [0.15, 0.2) is 0 Å². The first-order valence-electron chi connectivity index (χ1n) is 5.32. The van der Waals surface area contributed by atoms with Crippen LogP contribution in [-0.2, 0) is 4.79 Å². The Bertz CT molecular complexity index is 106. The fourth-order valence-corrected chi connectivity index (χ4v) is 0.873. The smallest absolute Gasteiger partial charge is 0.214 e. The molecule has 0 aliphatic carbocycles. The summed E-state index contributed by atoms with van der Waals surface area (Å²) in [5.41, 5.74) is 9.82. The second-order valence-electron chi connectivity index (χ2n) is 3.21. The number of hydrogen-bond acceptors (Lipinski definition) is 3. The summed E-state index contributed by atoms with van der Waals surface area (Å²) in [5.74, 6) is -0.333. The van der Waals surface area contributed by atoms with Gasteiger partial charge in [0, 0.05) is 6.92 Å². The van der Waals surface area contributed by atoms with Crippen molar-refractivity contribution >= 4 is 5.91 Å². The minimum Gasteiger partial charge on any atom is -0.370 e. The van der Waals surface area contributed by atoms with E-state index in [1.807, 2.05) is 0 Å². The van der Waals surface area contributed by atoms with Gasteiger partial charge in [-0.05, 0) is 38.9 Å². The lowest BCUT2D eigenvalue weighted by atomic mass is 10.2. The van der Waals surface area contributed by atoms with E-state index in [-0.39, 0.29) is 5.91 Å². The highest BCUT2D eigenvalue weighted by Crippen LogP contribution is 1.90. The first-order chi connectivity index (χ1) is 6.65. The number of nitrogens with two attached hydrogens (primary N) is 2. The van der Waals surface area contributed by atoms with Crippen LogP contribution in [0.4, 0.5) is 0 Å². The Morgan fingerprint density at radius 2 is 1.79 bits per heavy atom. The summed E-state index contributed by atoms with van der Waals surface area (Å²) in [5, 5.41) is 3.35. The van der Waals surface area contributed by atoms with E-state index < -0.39 is 0 Å². The molecule has 0 rings (SSSR count). The predicted octanol–water partition coefficient (Wildman–Crippen LogP) is 0.607. The third-order valence-electron chi connectivity index (χ3n) is 1.48. The highest BCUT2D eigenvalue weighted by molar-refractivity contribution is 5.70. The molecule has 0 atom stereocenters. The lowest BCUT2D eigenvalue weighted by molar-refractivity contribution is -0.115. The van der Waals surface area contributed by atoms with Crippen molar-refractivity contribution in [2.75, 3.05) is 19.6 Å². The minimum absolute atomic E-state index is 0.333. The molecule has 0 radical (unpaired) electrons. The standard InChI is InChI=1S/C8H20N2.C2H5NO/c1-2-7-10-8-5-3-4-6-9;1-2(3)4/h10H,2-9H2,1H3;1H3,(H2,3,4). The quantitative estimate of drug-likeness (QED) is 0.530. The van der Waals surface area contributed by atoms with E-state index in [1.165, 1.54) is 32.6 Å². The molecule has 0 fully saturated rings. The highest BCUT2D eigenvalue weighted by Gasteiger charge is 1.85. The maximum Gasteiger partial charge on any atom is 0.214 e. The van der Waals surface area contributed by atoms with Gasteiger partial charge in [-0.1, -0.05) is 13.3 Å². The topological polar surface area (TPSA) is 81.1 Å². The van der Waals surface area contributed by atoms with Gasteiger partial charge in [0.25, 0.3) is 0 Å². The lowest BCUT2D eigenvalue weighted by Gasteiger charge is -2.00. The average Bonchev–Trinajstić information content (AvgIpc) is 2.10. The van der Waals surface area contributed by atoms with Crippen LogP contribution in [0, 0.1) is 0 Å². The Morgan fingerprint density at radius 3 is 2.21 bits per heavy atom. The highest BCUT2D eigenvalue weighted by atomic mass is 16.1. The van der Waals surface area contributed by atoms with Crippen molar-refractivity contribution in [2.24, 2.45) is 11.5 Å². The van der Waals surface area contributed by atoms with Crippen LogP contribution in [0.3, 0.4) is 0 Å². The molecular formula is C10H25N3O. The molecule has 0 aliphatic rings. The number of unbranched alkanes of at least 4 members (excludes halogenated alkanes) is 2. The van der Waals surface area contributed by atoms with Crippen LogP contribution in [0.25, 0.3) is 0 Å². The largest absolute Gasteiger partial charge is 0.370 e. The second kappa shape index (κ2) is 14.9. The van der Waals surface area contributed by atoms with Gasteiger partial charge in [0.2, 0.25) is 5.91 Å². The summed E-state index contributed by atoms with van der Waals surface area (Å²) in [6, 6.07) is 0. The summed E-state index contributed by atoms with van der Waals surface area (Å²) in [4.78, 5) is 9.22. The summed E-state index contributed by atoms with van der Waals surface area (Å²) >= 11 is 0. The van der Waals surface area contributed by atoms with Crippen LogP contribution in [0.1, 0.15) is 39.5 Å². The molecule has 0 unspecified atom stereocenters. The Balaban J connectivity index is 0. The maximum atomic E-state index is 9.22. The van der Waals surface area contributed by atoms with Gasteiger partial charge in [-0.25, -0.2) is 0 Å². The SMILES string of the molecule is CC(N)=O.CCCNCCCCCN. The molecule has 0 aromatic rings. The summed E-state index contributed by atoms with van der Waals surface area (Å²) in [6.45, 7) is 6.65. The molecule has 86 valence electrons. The molecule has 0 spiro atoms. The van der Waals surface area contributed by atoms with Crippen LogP contribution < -0.4 is 16.8 Å². The minimum atomic E-state index is -0.333. The van der Waals surface area contributed by atoms with Crippen LogP contribution >= 0.6 is 0 Å². The van der Waals surface area contributed by atoms with Crippen LogP contribution in [-0.4, -0.2) is 25.5 Å². The van der Waals surface area contributed by atoms with Gasteiger partial charge >= 0.3 is 0 Å². The van der Waals surface area contributed by atoms with Gasteiger partial charge in [0.1, 0.15) is 0 Å². The zero-order valence-corrected chi connectivity index (χ0v) is 9.51. The van der Waals surface area contributed by atoms with E-state index >= 15 is 0 Å². The van der Waals surface area contributed by atoms with E-state index in [4.69, 9.17) is 5.73 Å². The summed E-state index contributed by atoms with van der Waals surface area (Å²) < 4.78 is 0. The third kappa shape index (κ3) is 30.1. The Hall–Kier alpha value is -0.610. The normalized spacial score (nSPS) is 9.07. The van der Waals surface area contributed by atoms with Crippen molar-refractivity contribution in [3.05, 3.63) is 0 Å². The molecule has 1 amide bonds. The van der Waals surface area contributed by atoms with Gasteiger partial charge in [0.15, 0.2) is 0 Å². The molecule has 0 aromatic carbocycles. The molecule has 0 saturated carbocycles. The molecule has 4 heteroatoms. The van der Waals surface area contributed by atoms with Gasteiger partial charge in [0.05, 0.1) is 0 Å². The summed E-state index contributed by atoms with van der Waals surface area (Å²) in [6.07, 6.45) is 4.95. The molecule has 0 saturated heterocycles. The van der Waals surface area contributed by atoms with Crippen LogP contribution in [0.5, 0.6) is 0 Å². The number of carbonyl (C=O) groups excluding carboxylic acids is 1. The number of carbonyl (C=O) groups is 1. The fraction of sp³-hybridized carbons (Fsp3) is 0.900. The number of rotatable bonds is 7. The Kier molecular flexibility index (Phi) is 16.9. The number of nitrogens with one attached hydrogen (secondary N) is 1. The van der Waals surface area contributed by atoms with Gasteiger partial charge < -0.3 is 16.8 Å². The van der Waals surface area contributed by atoms with Gasteiger partial charge in [-0.2, -0.15) is 0 Å². The number of hydrogen-bond donors (Lipinski definition) is 3. The zero-order valence-electron chi connectivity index (χ0n) is 9.51. The molecule has 0 aliphatic heterocycles. The molecule has 0 heterocycles. The second-order valence-corrected chi connectivity index (χ2v) is 3.21. The van der Waals surface area contributed by atoms with E-state index in [0.29, 0.717) is 0 Å². The van der Waals surface area contributed by atoms with Gasteiger partial charge in [-0.15, -0.1) is 0 Å². The number of primary amides is 1. The third-order valence-corrected chi connectivity index (χ3v) is 1.48. The molecular weight excluding hydrogens is 178 g/mol. The average molecular weight is 203 g/mol. The summed E-state index contributed by atoms with van der Waals surface area (Å²) in [7, 11) is 0. The molecule has 4 nitrogen and oxygen atoms in total. The fourth-order valence-electron chi connectivity index (χ4n) is 0.873. The first-order valence-corrected chi connectivity index (χ1v) is 5.32. The van der Waals surface area contributed by atoms with Crippen molar-refractivity contribution in [1.29, 1.82) is 0 Å². The van der Waals surface area contributed by atoms with E-state index in [0.717, 1.165) is 19.6 Å². The van der Waals surface area contributed by atoms with Crippen molar-refractivity contribution < 1.29 is 4.79 Å². The monoisotopic (exact) mass is 203 g/mol. The first kappa shape index (κ1) is 15.8. The van der Waals surface area contributed by atoms with Crippen molar-refractivity contribution in [2.45, 2.75) is 39.5 Å². The van der Waals surface area contributed by atoms with E-state index in [2.05, 4.69) is 18.0 Å². The molecule has 0 aromatic heterocycles. The predicted molar refractivity (Wildman–Crippen MR) is 60.9 cm³/mol. The maximum absolute atomic E-state index is 9.22. The zero-order chi connectivity index (χ0) is 11.2. The van der Waals surface area contributed by atoms with E-state index in [9.17, 15) is 4.79 Å². The molecule has 0 bridgehead atoms. The van der Waals surface area contributed by atoms with E-state index in [1.54, 1.807) is 0 Å². The van der Waals surface area contributed by atoms with Crippen molar-refractivity contribution in [3.8, 4) is 0 Å². The van der Waals surface area contributed by atoms with Crippen molar-refractivity contribution in [1.82, 2.24) is 5.32 Å². The van der Waals surface area contributed by atoms with Crippen LogP contribution in [0.2, 0.25) is 0 Å².